The van der Waals surface area contributed by atoms with Crippen molar-refractivity contribution in [2.24, 2.45) is 10.4 Å². The zero-order chi connectivity index (χ0) is 19.9. The SMILES string of the molecule is CN=C(NCc1ccc(S(=O)(=O)N(C)C)cc1)NCC1(CCOC)CCC1. The van der Waals surface area contributed by atoms with Gasteiger partial charge in [-0.3, -0.25) is 4.99 Å². The highest BCUT2D eigenvalue weighted by molar-refractivity contribution is 7.89. The Labute approximate surface area is 163 Å². The quantitative estimate of drug-likeness (QED) is 0.491. The molecule has 0 aromatic heterocycles. The predicted molar refractivity (Wildman–Crippen MR) is 108 cm³/mol. The summed E-state index contributed by atoms with van der Waals surface area (Å²) < 4.78 is 30.7. The van der Waals surface area contributed by atoms with E-state index in [2.05, 4.69) is 15.6 Å². The molecule has 1 aliphatic carbocycles. The Morgan fingerprint density at radius 2 is 1.89 bits per heavy atom. The van der Waals surface area contributed by atoms with Gasteiger partial charge in [-0.1, -0.05) is 18.6 Å². The van der Waals surface area contributed by atoms with Crippen LogP contribution in [0.25, 0.3) is 0 Å². The lowest BCUT2D eigenvalue weighted by molar-refractivity contribution is 0.0732. The Morgan fingerprint density at radius 1 is 1.22 bits per heavy atom. The van der Waals surface area contributed by atoms with Gasteiger partial charge in [-0.2, -0.15) is 0 Å². The zero-order valence-corrected chi connectivity index (χ0v) is 17.6. The summed E-state index contributed by atoms with van der Waals surface area (Å²) in [5.41, 5.74) is 1.31. The minimum atomic E-state index is -3.39. The number of nitrogens with zero attached hydrogens (tertiary/aromatic N) is 2. The van der Waals surface area contributed by atoms with Gasteiger partial charge in [0.15, 0.2) is 5.96 Å². The van der Waals surface area contributed by atoms with Gasteiger partial charge in [-0.05, 0) is 42.4 Å². The lowest BCUT2D eigenvalue weighted by Gasteiger charge is -2.42. The molecule has 2 N–H and O–H groups in total. The molecule has 0 amide bonds. The van der Waals surface area contributed by atoms with Crippen molar-refractivity contribution in [3.8, 4) is 0 Å². The number of nitrogens with one attached hydrogen (secondary N) is 2. The minimum Gasteiger partial charge on any atom is -0.385 e. The third-order valence-corrected chi connectivity index (χ3v) is 7.10. The average Bonchev–Trinajstić information content (AvgIpc) is 2.63. The van der Waals surface area contributed by atoms with Crippen molar-refractivity contribution in [2.75, 3.05) is 41.4 Å². The van der Waals surface area contributed by atoms with Gasteiger partial charge in [0, 0.05) is 47.9 Å². The maximum atomic E-state index is 12.1. The van der Waals surface area contributed by atoms with Gasteiger partial charge in [0.1, 0.15) is 0 Å². The molecule has 152 valence electrons. The molecule has 0 spiro atoms. The number of benzene rings is 1. The maximum absolute atomic E-state index is 12.1. The van der Waals surface area contributed by atoms with E-state index >= 15 is 0 Å². The Bertz CT molecular complexity index is 726. The van der Waals surface area contributed by atoms with E-state index in [-0.39, 0.29) is 0 Å². The molecule has 1 aromatic carbocycles. The van der Waals surface area contributed by atoms with Crippen LogP contribution in [0.2, 0.25) is 0 Å². The fourth-order valence-electron chi connectivity index (χ4n) is 3.18. The van der Waals surface area contributed by atoms with Gasteiger partial charge >= 0.3 is 0 Å². The Hall–Kier alpha value is -1.64. The molecule has 0 saturated heterocycles. The van der Waals surface area contributed by atoms with E-state index in [9.17, 15) is 8.42 Å². The van der Waals surface area contributed by atoms with Crippen LogP contribution < -0.4 is 10.6 Å². The van der Waals surface area contributed by atoms with Gasteiger partial charge in [0.25, 0.3) is 0 Å². The van der Waals surface area contributed by atoms with Crippen LogP contribution in [0.1, 0.15) is 31.2 Å². The van der Waals surface area contributed by atoms with Crippen LogP contribution in [0, 0.1) is 5.41 Å². The molecule has 0 atom stereocenters. The molecule has 7 nitrogen and oxygen atoms in total. The number of sulfonamides is 1. The summed E-state index contributed by atoms with van der Waals surface area (Å²) in [6, 6.07) is 6.92. The zero-order valence-electron chi connectivity index (χ0n) is 16.8. The number of ether oxygens (including phenoxy) is 1. The number of hydrogen-bond acceptors (Lipinski definition) is 4. The second-order valence-electron chi connectivity index (χ2n) is 7.31. The lowest BCUT2D eigenvalue weighted by Crippen LogP contribution is -2.46. The molecule has 27 heavy (non-hydrogen) atoms. The summed E-state index contributed by atoms with van der Waals surface area (Å²) in [5, 5.41) is 6.71. The molecular weight excluding hydrogens is 364 g/mol. The van der Waals surface area contributed by atoms with Crippen LogP contribution in [0.5, 0.6) is 0 Å². The van der Waals surface area contributed by atoms with Crippen molar-refractivity contribution in [2.45, 2.75) is 37.1 Å². The van der Waals surface area contributed by atoms with Crippen LogP contribution >= 0.6 is 0 Å². The fraction of sp³-hybridized carbons (Fsp3) is 0.632. The summed E-state index contributed by atoms with van der Waals surface area (Å²) in [4.78, 5) is 4.58. The van der Waals surface area contributed by atoms with E-state index in [0.717, 1.165) is 31.1 Å². The van der Waals surface area contributed by atoms with E-state index in [0.29, 0.717) is 16.9 Å². The van der Waals surface area contributed by atoms with Crippen molar-refractivity contribution in [3.63, 3.8) is 0 Å². The Kier molecular flexibility index (Phi) is 7.64. The first-order valence-corrected chi connectivity index (χ1v) is 10.7. The predicted octanol–water partition coefficient (Wildman–Crippen LogP) is 1.81. The fourth-order valence-corrected chi connectivity index (χ4v) is 4.08. The van der Waals surface area contributed by atoms with Crippen molar-refractivity contribution in [1.82, 2.24) is 14.9 Å². The molecule has 8 heteroatoms. The second kappa shape index (κ2) is 9.52. The molecule has 1 aliphatic rings. The van der Waals surface area contributed by atoms with E-state index in [1.54, 1.807) is 26.3 Å². The largest absolute Gasteiger partial charge is 0.385 e. The highest BCUT2D eigenvalue weighted by Gasteiger charge is 2.36. The van der Waals surface area contributed by atoms with Gasteiger partial charge in [-0.25, -0.2) is 12.7 Å². The van der Waals surface area contributed by atoms with Crippen molar-refractivity contribution in [3.05, 3.63) is 29.8 Å². The Balaban J connectivity index is 1.87. The molecule has 0 aliphatic heterocycles. The topological polar surface area (TPSA) is 83.0 Å². The first kappa shape index (κ1) is 21.7. The van der Waals surface area contributed by atoms with Crippen LogP contribution in [-0.2, 0) is 21.3 Å². The van der Waals surface area contributed by atoms with Gasteiger partial charge in [0.2, 0.25) is 10.0 Å². The standard InChI is InChI=1S/C19H32N4O3S/c1-20-18(22-15-19(10-5-11-19)12-13-26-4)21-14-16-6-8-17(9-7-16)27(24,25)23(2)3/h6-9H,5,10-15H2,1-4H3,(H2,20,21,22). The molecule has 1 saturated carbocycles. The van der Waals surface area contributed by atoms with Crippen molar-refractivity contribution >= 4 is 16.0 Å². The monoisotopic (exact) mass is 396 g/mol. The summed E-state index contributed by atoms with van der Waals surface area (Å²) in [6.45, 7) is 2.25. The van der Waals surface area contributed by atoms with Gasteiger partial charge in [0.05, 0.1) is 4.90 Å². The maximum Gasteiger partial charge on any atom is 0.242 e. The number of methoxy groups -OCH3 is 1. The average molecular weight is 397 g/mol. The third kappa shape index (κ3) is 5.67. The Morgan fingerprint density at radius 3 is 2.37 bits per heavy atom. The summed E-state index contributed by atoms with van der Waals surface area (Å²) in [5.74, 6) is 0.753. The number of guanidine groups is 1. The molecule has 0 unspecified atom stereocenters. The van der Waals surface area contributed by atoms with Gasteiger partial charge in [-0.15, -0.1) is 0 Å². The van der Waals surface area contributed by atoms with Crippen LogP contribution in [0.3, 0.4) is 0 Å². The normalized spacial score (nSPS) is 16.9. The molecule has 0 bridgehead atoms. The van der Waals surface area contributed by atoms with E-state index in [4.69, 9.17) is 4.74 Å². The minimum absolute atomic E-state index is 0.295. The highest BCUT2D eigenvalue weighted by Crippen LogP contribution is 2.43. The van der Waals surface area contributed by atoms with E-state index < -0.39 is 10.0 Å². The summed E-state index contributed by atoms with van der Waals surface area (Å²) in [6.07, 6.45) is 4.79. The molecular formula is C19H32N4O3S. The molecule has 2 rings (SSSR count). The molecule has 1 aromatic rings. The van der Waals surface area contributed by atoms with Crippen molar-refractivity contribution < 1.29 is 13.2 Å². The first-order chi connectivity index (χ1) is 12.8. The summed E-state index contributed by atoms with van der Waals surface area (Å²) >= 11 is 0. The summed E-state index contributed by atoms with van der Waals surface area (Å²) in [7, 11) is 3.17. The second-order valence-corrected chi connectivity index (χ2v) is 9.46. The highest BCUT2D eigenvalue weighted by atomic mass is 32.2. The van der Waals surface area contributed by atoms with Crippen LogP contribution in [0.15, 0.2) is 34.2 Å². The van der Waals surface area contributed by atoms with E-state index in [1.807, 2.05) is 12.1 Å². The van der Waals surface area contributed by atoms with Gasteiger partial charge < -0.3 is 15.4 Å². The lowest BCUT2D eigenvalue weighted by atomic mass is 9.67. The van der Waals surface area contributed by atoms with E-state index in [1.165, 1.54) is 37.7 Å². The van der Waals surface area contributed by atoms with Crippen molar-refractivity contribution in [1.29, 1.82) is 0 Å². The van der Waals surface area contributed by atoms with Crippen LogP contribution in [-0.4, -0.2) is 60.1 Å². The molecule has 0 radical (unpaired) electrons. The number of aliphatic imine (C=N–C) groups is 1. The van der Waals surface area contributed by atoms with Crippen LogP contribution in [0.4, 0.5) is 0 Å². The first-order valence-electron chi connectivity index (χ1n) is 9.28. The number of rotatable bonds is 9. The smallest absolute Gasteiger partial charge is 0.242 e. The molecule has 0 heterocycles. The molecule has 1 fully saturated rings. The number of hydrogen-bond donors (Lipinski definition) is 2. The third-order valence-electron chi connectivity index (χ3n) is 5.27.